The Hall–Kier alpha value is -1.44. The van der Waals surface area contributed by atoms with Crippen molar-refractivity contribution < 1.29 is 8.83 Å². The number of furan rings is 2. The Bertz CT molecular complexity index is 446. The molecule has 0 aromatic carbocycles. The van der Waals surface area contributed by atoms with Crippen LogP contribution in [0.5, 0.6) is 0 Å². The molecule has 0 saturated heterocycles. The van der Waals surface area contributed by atoms with Crippen molar-refractivity contribution in [1.82, 2.24) is 0 Å². The zero-order chi connectivity index (χ0) is 11.1. The molecule has 2 heteroatoms. The summed E-state index contributed by atoms with van der Waals surface area (Å²) < 4.78 is 11.2. The van der Waals surface area contributed by atoms with E-state index in [0.717, 1.165) is 24.4 Å². The monoisotopic (exact) mass is 216 g/mol. The summed E-state index contributed by atoms with van der Waals surface area (Å²) in [5, 5.41) is 0. The summed E-state index contributed by atoms with van der Waals surface area (Å²) >= 11 is 0. The number of fused-ring (bicyclic) bond motifs is 2. The molecule has 0 radical (unpaired) electrons. The SMILES string of the molecule is CC1Cc2occc2C(C)Cc2occc21. The maximum Gasteiger partial charge on any atom is 0.107 e. The zero-order valence-corrected chi connectivity index (χ0v) is 9.69. The Kier molecular flexibility index (Phi) is 2.16. The fourth-order valence-corrected chi connectivity index (χ4v) is 2.69. The third-order valence-electron chi connectivity index (χ3n) is 3.60. The van der Waals surface area contributed by atoms with Gasteiger partial charge in [0.25, 0.3) is 0 Å². The van der Waals surface area contributed by atoms with Crippen LogP contribution in [0.25, 0.3) is 0 Å². The van der Waals surface area contributed by atoms with E-state index in [4.69, 9.17) is 8.83 Å². The molecule has 2 heterocycles. The Balaban J connectivity index is 2.07. The molecular weight excluding hydrogens is 200 g/mol. The molecule has 0 bridgehead atoms. The van der Waals surface area contributed by atoms with E-state index in [0.29, 0.717) is 11.8 Å². The van der Waals surface area contributed by atoms with Crippen LogP contribution in [0.2, 0.25) is 0 Å². The summed E-state index contributed by atoms with van der Waals surface area (Å²) in [5.41, 5.74) is 2.68. The fourth-order valence-electron chi connectivity index (χ4n) is 2.69. The molecule has 2 aromatic rings. The van der Waals surface area contributed by atoms with Gasteiger partial charge in [-0.05, 0) is 35.1 Å². The van der Waals surface area contributed by atoms with Gasteiger partial charge in [0, 0.05) is 12.8 Å². The molecule has 0 fully saturated rings. The van der Waals surface area contributed by atoms with Crippen LogP contribution >= 0.6 is 0 Å². The van der Waals surface area contributed by atoms with E-state index in [1.54, 1.807) is 12.5 Å². The van der Waals surface area contributed by atoms with Crippen LogP contribution in [0.1, 0.15) is 48.3 Å². The first-order chi connectivity index (χ1) is 7.75. The molecule has 0 saturated carbocycles. The first-order valence-corrected chi connectivity index (χ1v) is 5.88. The van der Waals surface area contributed by atoms with Crippen molar-refractivity contribution in [2.45, 2.75) is 38.5 Å². The third-order valence-corrected chi connectivity index (χ3v) is 3.60. The van der Waals surface area contributed by atoms with E-state index in [2.05, 4.69) is 26.0 Å². The van der Waals surface area contributed by atoms with Crippen LogP contribution in [0.15, 0.2) is 33.5 Å². The molecule has 84 valence electrons. The molecule has 0 aliphatic heterocycles. The van der Waals surface area contributed by atoms with E-state index in [1.807, 2.05) is 0 Å². The lowest BCUT2D eigenvalue weighted by molar-refractivity contribution is 0.450. The molecule has 1 aliphatic rings. The van der Waals surface area contributed by atoms with Crippen LogP contribution in [-0.2, 0) is 12.8 Å². The Morgan fingerprint density at radius 2 is 1.31 bits per heavy atom. The summed E-state index contributed by atoms with van der Waals surface area (Å²) in [4.78, 5) is 0. The minimum atomic E-state index is 0.478. The quantitative estimate of drug-likeness (QED) is 0.668. The van der Waals surface area contributed by atoms with Crippen molar-refractivity contribution in [2.24, 2.45) is 0 Å². The van der Waals surface area contributed by atoms with Crippen molar-refractivity contribution >= 4 is 0 Å². The highest BCUT2D eigenvalue weighted by Crippen LogP contribution is 2.35. The Morgan fingerprint density at radius 1 is 0.875 bits per heavy atom. The predicted molar refractivity (Wildman–Crippen MR) is 61.7 cm³/mol. The van der Waals surface area contributed by atoms with Gasteiger partial charge in [-0.25, -0.2) is 0 Å². The molecule has 2 aromatic heterocycles. The highest BCUT2D eigenvalue weighted by molar-refractivity contribution is 5.32. The number of hydrogen-bond donors (Lipinski definition) is 0. The fraction of sp³-hybridized carbons (Fsp3) is 0.429. The normalized spacial score (nSPS) is 24.4. The smallest absolute Gasteiger partial charge is 0.107 e. The van der Waals surface area contributed by atoms with E-state index in [9.17, 15) is 0 Å². The first-order valence-electron chi connectivity index (χ1n) is 5.88. The van der Waals surface area contributed by atoms with Gasteiger partial charge < -0.3 is 8.83 Å². The van der Waals surface area contributed by atoms with Crippen molar-refractivity contribution in [3.05, 3.63) is 47.3 Å². The molecular formula is C14H16O2. The summed E-state index contributed by atoms with van der Waals surface area (Å²) in [6, 6.07) is 4.20. The van der Waals surface area contributed by atoms with Gasteiger partial charge in [-0.2, -0.15) is 0 Å². The largest absolute Gasteiger partial charge is 0.469 e. The van der Waals surface area contributed by atoms with Crippen LogP contribution < -0.4 is 0 Å². The van der Waals surface area contributed by atoms with Gasteiger partial charge in [0.05, 0.1) is 12.5 Å². The molecule has 2 unspecified atom stereocenters. The number of rotatable bonds is 0. The van der Waals surface area contributed by atoms with Gasteiger partial charge >= 0.3 is 0 Å². The molecule has 3 rings (SSSR count). The third kappa shape index (κ3) is 1.41. The number of hydrogen-bond acceptors (Lipinski definition) is 2. The van der Waals surface area contributed by atoms with Gasteiger partial charge in [0.1, 0.15) is 11.5 Å². The maximum atomic E-state index is 5.59. The molecule has 0 spiro atoms. The lowest BCUT2D eigenvalue weighted by Crippen LogP contribution is -2.09. The Labute approximate surface area is 95.3 Å². The zero-order valence-electron chi connectivity index (χ0n) is 9.69. The average Bonchev–Trinajstić information content (AvgIpc) is 2.84. The van der Waals surface area contributed by atoms with Crippen molar-refractivity contribution in [2.75, 3.05) is 0 Å². The van der Waals surface area contributed by atoms with Crippen molar-refractivity contribution in [3.8, 4) is 0 Å². The average molecular weight is 216 g/mol. The minimum Gasteiger partial charge on any atom is -0.469 e. The first kappa shape index (κ1) is 9.76. The van der Waals surface area contributed by atoms with E-state index < -0.39 is 0 Å². The predicted octanol–water partition coefficient (Wildman–Crippen LogP) is 3.88. The Morgan fingerprint density at radius 3 is 1.75 bits per heavy atom. The van der Waals surface area contributed by atoms with Crippen LogP contribution in [0.4, 0.5) is 0 Å². The highest BCUT2D eigenvalue weighted by Gasteiger charge is 2.24. The van der Waals surface area contributed by atoms with Gasteiger partial charge in [-0.1, -0.05) is 13.8 Å². The minimum absolute atomic E-state index is 0.478. The molecule has 0 N–H and O–H groups in total. The summed E-state index contributed by atoms with van der Waals surface area (Å²) in [6.45, 7) is 4.47. The van der Waals surface area contributed by atoms with Gasteiger partial charge in [0.15, 0.2) is 0 Å². The topological polar surface area (TPSA) is 26.3 Å². The second-order valence-corrected chi connectivity index (χ2v) is 4.81. The van der Waals surface area contributed by atoms with E-state index in [1.165, 1.54) is 11.1 Å². The lowest BCUT2D eigenvalue weighted by atomic mass is 9.85. The van der Waals surface area contributed by atoms with Gasteiger partial charge in [-0.15, -0.1) is 0 Å². The van der Waals surface area contributed by atoms with E-state index in [-0.39, 0.29) is 0 Å². The van der Waals surface area contributed by atoms with Crippen LogP contribution in [-0.4, -0.2) is 0 Å². The van der Waals surface area contributed by atoms with Gasteiger partial charge in [0.2, 0.25) is 0 Å². The highest BCUT2D eigenvalue weighted by atomic mass is 16.3. The second-order valence-electron chi connectivity index (χ2n) is 4.81. The summed E-state index contributed by atoms with van der Waals surface area (Å²) in [7, 11) is 0. The molecule has 16 heavy (non-hydrogen) atoms. The molecule has 2 atom stereocenters. The molecule has 2 nitrogen and oxygen atoms in total. The van der Waals surface area contributed by atoms with Crippen molar-refractivity contribution in [3.63, 3.8) is 0 Å². The lowest BCUT2D eigenvalue weighted by Gasteiger charge is -2.19. The molecule has 0 amide bonds. The van der Waals surface area contributed by atoms with Gasteiger partial charge in [-0.3, -0.25) is 0 Å². The van der Waals surface area contributed by atoms with Crippen LogP contribution in [0, 0.1) is 0 Å². The summed E-state index contributed by atoms with van der Waals surface area (Å²) in [6.07, 6.45) is 5.56. The van der Waals surface area contributed by atoms with Crippen LogP contribution in [0.3, 0.4) is 0 Å². The molecule has 1 aliphatic carbocycles. The second kappa shape index (κ2) is 3.55. The van der Waals surface area contributed by atoms with E-state index >= 15 is 0 Å². The summed E-state index contributed by atoms with van der Waals surface area (Å²) in [5.74, 6) is 3.25. The van der Waals surface area contributed by atoms with Crippen molar-refractivity contribution in [1.29, 1.82) is 0 Å². The standard InChI is InChI=1S/C14H16O2/c1-9-7-13-12(4-6-15-13)10(2)8-14-11(9)3-5-16-14/h3-6,9-10H,7-8H2,1-2H3. The maximum absolute atomic E-state index is 5.59.